The van der Waals surface area contributed by atoms with E-state index >= 15 is 0 Å². The number of ether oxygens (including phenoxy) is 1. The molecule has 0 radical (unpaired) electrons. The SMILES string of the molecule is Cn1cc(N)c(Oc2ccc3ccccc3c2Br)n1. The summed E-state index contributed by atoms with van der Waals surface area (Å²) in [4.78, 5) is 0. The maximum atomic E-state index is 5.83. The maximum Gasteiger partial charge on any atom is 0.261 e. The van der Waals surface area contributed by atoms with Crippen molar-refractivity contribution in [2.45, 2.75) is 0 Å². The summed E-state index contributed by atoms with van der Waals surface area (Å²) in [6.45, 7) is 0. The second kappa shape index (κ2) is 4.59. The van der Waals surface area contributed by atoms with Crippen LogP contribution in [0.15, 0.2) is 47.1 Å². The van der Waals surface area contributed by atoms with Gasteiger partial charge in [0.2, 0.25) is 0 Å². The number of anilines is 1. The fourth-order valence-electron chi connectivity index (χ4n) is 1.96. The average Bonchev–Trinajstić information content (AvgIpc) is 2.72. The van der Waals surface area contributed by atoms with Gasteiger partial charge in [-0.1, -0.05) is 30.3 Å². The number of halogens is 1. The van der Waals surface area contributed by atoms with E-state index in [-0.39, 0.29) is 0 Å². The van der Waals surface area contributed by atoms with Gasteiger partial charge in [-0.15, -0.1) is 5.10 Å². The van der Waals surface area contributed by atoms with Gasteiger partial charge in [0.15, 0.2) is 0 Å². The summed E-state index contributed by atoms with van der Waals surface area (Å²) in [6, 6.07) is 12.0. The summed E-state index contributed by atoms with van der Waals surface area (Å²) in [5.74, 6) is 1.11. The van der Waals surface area contributed by atoms with Crippen molar-refractivity contribution in [2.24, 2.45) is 7.05 Å². The standard InChI is InChI=1S/C14H12BrN3O/c1-18-8-11(16)14(17-18)19-12-7-6-9-4-2-3-5-10(9)13(12)15/h2-8H,16H2,1H3. The molecule has 0 aliphatic rings. The van der Waals surface area contributed by atoms with E-state index < -0.39 is 0 Å². The molecule has 19 heavy (non-hydrogen) atoms. The number of nitrogens with two attached hydrogens (primary N) is 1. The zero-order valence-corrected chi connectivity index (χ0v) is 11.9. The highest BCUT2D eigenvalue weighted by Crippen LogP contribution is 2.36. The van der Waals surface area contributed by atoms with E-state index in [2.05, 4.69) is 27.1 Å². The minimum absolute atomic E-state index is 0.415. The predicted molar refractivity (Wildman–Crippen MR) is 79.3 cm³/mol. The molecule has 0 bridgehead atoms. The molecule has 0 aliphatic carbocycles. The van der Waals surface area contributed by atoms with Crippen molar-refractivity contribution >= 4 is 32.4 Å². The fraction of sp³-hybridized carbons (Fsp3) is 0.0714. The van der Waals surface area contributed by atoms with Crippen LogP contribution in [0.25, 0.3) is 10.8 Å². The van der Waals surface area contributed by atoms with E-state index in [1.165, 1.54) is 0 Å². The third-order valence-corrected chi connectivity index (χ3v) is 3.67. The Labute approximate surface area is 118 Å². The van der Waals surface area contributed by atoms with Crippen molar-refractivity contribution in [2.75, 3.05) is 5.73 Å². The lowest BCUT2D eigenvalue weighted by Crippen LogP contribution is -1.92. The number of aromatic nitrogens is 2. The minimum Gasteiger partial charge on any atom is -0.435 e. The van der Waals surface area contributed by atoms with Gasteiger partial charge in [-0.2, -0.15) is 0 Å². The molecule has 3 rings (SSSR count). The Morgan fingerprint density at radius 3 is 2.74 bits per heavy atom. The first-order valence-corrected chi connectivity index (χ1v) is 6.58. The topological polar surface area (TPSA) is 53.1 Å². The van der Waals surface area contributed by atoms with Crippen LogP contribution in [0.4, 0.5) is 5.69 Å². The van der Waals surface area contributed by atoms with Crippen molar-refractivity contribution in [3.63, 3.8) is 0 Å². The quantitative estimate of drug-likeness (QED) is 0.784. The molecule has 1 aromatic heterocycles. The molecule has 0 fully saturated rings. The smallest absolute Gasteiger partial charge is 0.261 e. The van der Waals surface area contributed by atoms with Crippen LogP contribution in [-0.4, -0.2) is 9.78 Å². The summed E-state index contributed by atoms with van der Waals surface area (Å²) < 4.78 is 8.29. The molecule has 4 nitrogen and oxygen atoms in total. The highest BCUT2D eigenvalue weighted by Gasteiger charge is 2.11. The number of nitrogen functional groups attached to an aromatic ring is 1. The molecular formula is C14H12BrN3O. The normalized spacial score (nSPS) is 10.8. The Morgan fingerprint density at radius 1 is 1.21 bits per heavy atom. The summed E-state index contributed by atoms with van der Waals surface area (Å²) in [5, 5.41) is 6.42. The zero-order valence-electron chi connectivity index (χ0n) is 10.3. The van der Waals surface area contributed by atoms with E-state index in [9.17, 15) is 0 Å². The number of aryl methyl sites for hydroxylation is 1. The minimum atomic E-state index is 0.415. The van der Waals surface area contributed by atoms with Crippen LogP contribution in [0.1, 0.15) is 0 Å². The molecule has 0 atom stereocenters. The Kier molecular flexibility index (Phi) is 2.91. The van der Waals surface area contributed by atoms with Gasteiger partial charge in [-0.25, -0.2) is 0 Å². The first-order valence-electron chi connectivity index (χ1n) is 5.79. The fourth-order valence-corrected chi connectivity index (χ4v) is 2.54. The summed E-state index contributed by atoms with van der Waals surface area (Å²) in [5.41, 5.74) is 6.34. The van der Waals surface area contributed by atoms with E-state index in [1.54, 1.807) is 17.9 Å². The van der Waals surface area contributed by atoms with E-state index in [1.807, 2.05) is 30.3 Å². The number of hydrogen-bond donors (Lipinski definition) is 1. The van der Waals surface area contributed by atoms with Crippen LogP contribution < -0.4 is 10.5 Å². The van der Waals surface area contributed by atoms with Crippen molar-refractivity contribution in [1.29, 1.82) is 0 Å². The number of hydrogen-bond acceptors (Lipinski definition) is 3. The number of rotatable bonds is 2. The largest absolute Gasteiger partial charge is 0.435 e. The highest BCUT2D eigenvalue weighted by molar-refractivity contribution is 9.10. The van der Waals surface area contributed by atoms with E-state index in [0.29, 0.717) is 17.3 Å². The van der Waals surface area contributed by atoms with Crippen molar-refractivity contribution < 1.29 is 4.74 Å². The predicted octanol–water partition coefficient (Wildman–Crippen LogP) is 3.71. The number of benzene rings is 2. The first-order chi connectivity index (χ1) is 9.15. The summed E-state index contributed by atoms with van der Waals surface area (Å²) >= 11 is 3.57. The van der Waals surface area contributed by atoms with Crippen LogP contribution >= 0.6 is 15.9 Å². The monoisotopic (exact) mass is 317 g/mol. The molecule has 2 N–H and O–H groups in total. The van der Waals surface area contributed by atoms with Gasteiger partial charge in [-0.05, 0) is 32.8 Å². The molecule has 0 saturated heterocycles. The van der Waals surface area contributed by atoms with Crippen LogP contribution in [-0.2, 0) is 7.05 Å². The molecule has 0 amide bonds. The molecular weight excluding hydrogens is 306 g/mol. The van der Waals surface area contributed by atoms with Gasteiger partial charge in [0.1, 0.15) is 11.4 Å². The highest BCUT2D eigenvalue weighted by atomic mass is 79.9. The molecule has 0 unspecified atom stereocenters. The molecule has 0 aliphatic heterocycles. The lowest BCUT2D eigenvalue weighted by atomic mass is 10.1. The van der Waals surface area contributed by atoms with Gasteiger partial charge >= 0.3 is 0 Å². The lowest BCUT2D eigenvalue weighted by molar-refractivity contribution is 0.454. The Hall–Kier alpha value is -2.01. The van der Waals surface area contributed by atoms with Gasteiger partial charge in [0.25, 0.3) is 5.88 Å². The Morgan fingerprint density at radius 2 is 2.00 bits per heavy atom. The molecule has 0 spiro atoms. The molecule has 3 aromatic rings. The van der Waals surface area contributed by atoms with Crippen molar-refractivity contribution in [1.82, 2.24) is 9.78 Å². The van der Waals surface area contributed by atoms with Crippen LogP contribution in [0.2, 0.25) is 0 Å². The molecule has 1 heterocycles. The Balaban J connectivity index is 2.06. The van der Waals surface area contributed by atoms with Crippen molar-refractivity contribution in [3.8, 4) is 11.6 Å². The summed E-state index contributed by atoms with van der Waals surface area (Å²) in [7, 11) is 1.80. The summed E-state index contributed by atoms with van der Waals surface area (Å²) in [6.07, 6.45) is 1.71. The first kappa shape index (κ1) is 12.0. The second-order valence-corrected chi connectivity index (χ2v) is 5.06. The second-order valence-electron chi connectivity index (χ2n) is 4.26. The van der Waals surface area contributed by atoms with Crippen LogP contribution in [0, 0.1) is 0 Å². The average molecular weight is 318 g/mol. The molecule has 5 heteroatoms. The molecule has 0 saturated carbocycles. The van der Waals surface area contributed by atoms with E-state index in [0.717, 1.165) is 15.2 Å². The van der Waals surface area contributed by atoms with Crippen LogP contribution in [0.3, 0.4) is 0 Å². The van der Waals surface area contributed by atoms with Gasteiger partial charge in [0, 0.05) is 7.05 Å². The van der Waals surface area contributed by atoms with Crippen molar-refractivity contribution in [3.05, 3.63) is 47.1 Å². The molecule has 96 valence electrons. The zero-order chi connectivity index (χ0) is 13.4. The van der Waals surface area contributed by atoms with Gasteiger partial charge in [0.05, 0.1) is 10.7 Å². The number of nitrogens with zero attached hydrogens (tertiary/aromatic N) is 2. The third-order valence-electron chi connectivity index (χ3n) is 2.86. The van der Waals surface area contributed by atoms with Gasteiger partial charge < -0.3 is 10.5 Å². The third kappa shape index (κ3) is 2.17. The van der Waals surface area contributed by atoms with Gasteiger partial charge in [-0.3, -0.25) is 4.68 Å². The van der Waals surface area contributed by atoms with E-state index in [4.69, 9.17) is 10.5 Å². The number of fused-ring (bicyclic) bond motifs is 1. The van der Waals surface area contributed by atoms with Crippen LogP contribution in [0.5, 0.6) is 11.6 Å². The lowest BCUT2D eigenvalue weighted by Gasteiger charge is -2.08. The Bertz CT molecular complexity index is 752. The molecule has 2 aromatic carbocycles. The maximum absolute atomic E-state index is 5.83.